The molecule has 0 spiro atoms. The van der Waals surface area contributed by atoms with Crippen molar-refractivity contribution in [1.29, 1.82) is 0 Å². The number of alkyl halides is 3. The first-order valence-corrected chi connectivity index (χ1v) is 9.96. The Morgan fingerprint density at radius 2 is 1.77 bits per heavy atom. The van der Waals surface area contributed by atoms with E-state index in [1.165, 1.54) is 0 Å². The molecule has 9 heteroatoms. The molecule has 31 heavy (non-hydrogen) atoms. The van der Waals surface area contributed by atoms with E-state index in [4.69, 9.17) is 4.74 Å². The molecule has 164 valence electrons. The smallest absolute Gasteiger partial charge is 0.378 e. The van der Waals surface area contributed by atoms with E-state index >= 15 is 0 Å². The number of rotatable bonds is 4. The first-order valence-electron chi connectivity index (χ1n) is 9.96. The Balaban J connectivity index is 1.69. The SMILES string of the molecule is Cc1nnc(N[C@H](C)c2cc(F)cc(C(F)(F)F)c2)c2cc(N3CCOCC3)ccc12. The fourth-order valence-corrected chi connectivity index (χ4v) is 3.72. The zero-order valence-corrected chi connectivity index (χ0v) is 17.1. The van der Waals surface area contributed by atoms with Gasteiger partial charge < -0.3 is 15.0 Å². The van der Waals surface area contributed by atoms with E-state index in [0.29, 0.717) is 25.1 Å². The van der Waals surface area contributed by atoms with Crippen LogP contribution in [0.4, 0.5) is 29.1 Å². The van der Waals surface area contributed by atoms with Crippen molar-refractivity contribution >= 4 is 22.3 Å². The largest absolute Gasteiger partial charge is 0.416 e. The third-order valence-corrected chi connectivity index (χ3v) is 5.42. The predicted molar refractivity (Wildman–Crippen MR) is 111 cm³/mol. The summed E-state index contributed by atoms with van der Waals surface area (Å²) in [5.74, 6) is -0.506. The lowest BCUT2D eigenvalue weighted by atomic mass is 10.0. The molecular formula is C22H22F4N4O. The second-order valence-electron chi connectivity index (χ2n) is 7.60. The molecule has 2 aromatic carbocycles. The van der Waals surface area contributed by atoms with Crippen molar-refractivity contribution in [2.75, 3.05) is 36.5 Å². The number of nitrogens with one attached hydrogen (secondary N) is 1. The molecule has 0 amide bonds. The van der Waals surface area contributed by atoms with Crippen LogP contribution >= 0.6 is 0 Å². The average molecular weight is 434 g/mol. The summed E-state index contributed by atoms with van der Waals surface area (Å²) in [6.45, 7) is 6.34. The minimum Gasteiger partial charge on any atom is -0.378 e. The summed E-state index contributed by atoms with van der Waals surface area (Å²) in [6.07, 6.45) is -4.63. The molecule has 3 aromatic rings. The third kappa shape index (κ3) is 4.56. The molecule has 2 heterocycles. The number of hydrogen-bond acceptors (Lipinski definition) is 5. The van der Waals surface area contributed by atoms with Crippen molar-refractivity contribution in [3.63, 3.8) is 0 Å². The number of morpholine rings is 1. The van der Waals surface area contributed by atoms with Crippen LogP contribution in [0.5, 0.6) is 0 Å². The Morgan fingerprint density at radius 1 is 1.03 bits per heavy atom. The highest BCUT2D eigenvalue weighted by molar-refractivity contribution is 5.95. The number of hydrogen-bond donors (Lipinski definition) is 1. The number of aryl methyl sites for hydroxylation is 1. The molecule has 0 unspecified atom stereocenters. The maximum Gasteiger partial charge on any atom is 0.416 e. The van der Waals surface area contributed by atoms with Gasteiger partial charge in [0.2, 0.25) is 0 Å². The van der Waals surface area contributed by atoms with Gasteiger partial charge >= 0.3 is 6.18 Å². The quantitative estimate of drug-likeness (QED) is 0.579. The second kappa shape index (κ2) is 8.30. The minimum atomic E-state index is -4.63. The van der Waals surface area contributed by atoms with Gasteiger partial charge in [-0.1, -0.05) is 6.07 Å². The Labute approximate surface area is 177 Å². The summed E-state index contributed by atoms with van der Waals surface area (Å²) in [7, 11) is 0. The van der Waals surface area contributed by atoms with Gasteiger partial charge in [0.25, 0.3) is 0 Å². The van der Waals surface area contributed by atoms with Gasteiger partial charge in [0.15, 0.2) is 5.82 Å². The van der Waals surface area contributed by atoms with E-state index in [0.717, 1.165) is 47.4 Å². The highest BCUT2D eigenvalue weighted by Gasteiger charge is 2.31. The van der Waals surface area contributed by atoms with Gasteiger partial charge in [0.1, 0.15) is 5.82 Å². The van der Waals surface area contributed by atoms with Crippen molar-refractivity contribution in [2.24, 2.45) is 0 Å². The molecule has 1 atom stereocenters. The molecule has 1 aromatic heterocycles. The van der Waals surface area contributed by atoms with Crippen molar-refractivity contribution in [3.8, 4) is 0 Å². The van der Waals surface area contributed by atoms with Gasteiger partial charge in [-0.05, 0) is 49.7 Å². The van der Waals surface area contributed by atoms with E-state index < -0.39 is 23.6 Å². The van der Waals surface area contributed by atoms with Crippen LogP contribution in [0, 0.1) is 12.7 Å². The number of nitrogens with zero attached hydrogens (tertiary/aromatic N) is 3. The summed E-state index contributed by atoms with van der Waals surface area (Å²) in [4.78, 5) is 2.20. The summed E-state index contributed by atoms with van der Waals surface area (Å²) < 4.78 is 58.5. The lowest BCUT2D eigenvalue weighted by Crippen LogP contribution is -2.36. The normalized spacial score (nSPS) is 15.9. The average Bonchev–Trinajstić information content (AvgIpc) is 2.75. The van der Waals surface area contributed by atoms with Crippen molar-refractivity contribution in [1.82, 2.24) is 10.2 Å². The highest BCUT2D eigenvalue weighted by atomic mass is 19.4. The van der Waals surface area contributed by atoms with Crippen molar-refractivity contribution in [3.05, 3.63) is 59.0 Å². The molecule has 0 saturated carbocycles. The minimum absolute atomic E-state index is 0.173. The highest BCUT2D eigenvalue weighted by Crippen LogP contribution is 2.34. The van der Waals surface area contributed by atoms with E-state index in [1.54, 1.807) is 6.92 Å². The maximum absolute atomic E-state index is 13.9. The molecule has 5 nitrogen and oxygen atoms in total. The molecule has 0 radical (unpaired) electrons. The number of ether oxygens (including phenoxy) is 1. The molecule has 0 aliphatic carbocycles. The number of anilines is 2. The lowest BCUT2D eigenvalue weighted by molar-refractivity contribution is -0.137. The van der Waals surface area contributed by atoms with Gasteiger partial charge in [-0.25, -0.2) is 4.39 Å². The Bertz CT molecular complexity index is 1100. The van der Waals surface area contributed by atoms with Crippen LogP contribution in [-0.4, -0.2) is 36.5 Å². The third-order valence-electron chi connectivity index (χ3n) is 5.42. The molecule has 1 saturated heterocycles. The van der Waals surface area contributed by atoms with Gasteiger partial charge in [-0.15, -0.1) is 5.10 Å². The topological polar surface area (TPSA) is 50.3 Å². The fourth-order valence-electron chi connectivity index (χ4n) is 3.72. The van der Waals surface area contributed by atoms with Crippen LogP contribution in [0.2, 0.25) is 0 Å². The zero-order chi connectivity index (χ0) is 22.2. The Morgan fingerprint density at radius 3 is 2.48 bits per heavy atom. The van der Waals surface area contributed by atoms with Crippen LogP contribution in [0.3, 0.4) is 0 Å². The molecule has 0 bridgehead atoms. The van der Waals surface area contributed by atoms with E-state index in [-0.39, 0.29) is 5.56 Å². The monoisotopic (exact) mass is 434 g/mol. The van der Waals surface area contributed by atoms with Gasteiger partial charge in [-0.3, -0.25) is 0 Å². The number of aromatic nitrogens is 2. The van der Waals surface area contributed by atoms with Crippen molar-refractivity contribution in [2.45, 2.75) is 26.1 Å². The lowest BCUT2D eigenvalue weighted by Gasteiger charge is -2.29. The second-order valence-corrected chi connectivity index (χ2v) is 7.60. The predicted octanol–water partition coefficient (Wildman–Crippen LogP) is 5.11. The molecule has 1 fully saturated rings. The maximum atomic E-state index is 13.9. The summed E-state index contributed by atoms with van der Waals surface area (Å²) in [6, 6.07) is 7.88. The standard InChI is InChI=1S/C22H22F4N4O/c1-13(15-9-16(22(24,25)26)11-17(23)10-15)27-21-20-12-18(30-5-7-31-8-6-30)3-4-19(20)14(2)28-29-21/h3-4,9-13H,5-8H2,1-2H3,(H,27,29)/t13-/m1/s1. The summed E-state index contributed by atoms with van der Waals surface area (Å²) in [5, 5.41) is 13.2. The molecule has 1 aliphatic rings. The molecule has 1 aliphatic heterocycles. The number of benzene rings is 2. The summed E-state index contributed by atoms with van der Waals surface area (Å²) in [5.41, 5.74) is 0.897. The van der Waals surface area contributed by atoms with E-state index in [9.17, 15) is 17.6 Å². The van der Waals surface area contributed by atoms with Crippen LogP contribution in [0.25, 0.3) is 10.8 Å². The van der Waals surface area contributed by atoms with Crippen LogP contribution in [-0.2, 0) is 10.9 Å². The van der Waals surface area contributed by atoms with Crippen LogP contribution < -0.4 is 10.2 Å². The molecular weight excluding hydrogens is 412 g/mol. The first-order chi connectivity index (χ1) is 14.7. The van der Waals surface area contributed by atoms with Crippen LogP contribution in [0.1, 0.15) is 29.8 Å². The van der Waals surface area contributed by atoms with Crippen molar-refractivity contribution < 1.29 is 22.3 Å². The van der Waals surface area contributed by atoms with Gasteiger partial charge in [0, 0.05) is 29.5 Å². The molecule has 1 N–H and O–H groups in total. The first kappa shape index (κ1) is 21.3. The number of halogens is 4. The van der Waals surface area contributed by atoms with Crippen LogP contribution in [0.15, 0.2) is 36.4 Å². The molecule has 4 rings (SSSR count). The summed E-state index contributed by atoms with van der Waals surface area (Å²) >= 11 is 0. The number of fused-ring (bicyclic) bond motifs is 1. The Hall–Kier alpha value is -2.94. The van der Waals surface area contributed by atoms with E-state index in [1.807, 2.05) is 25.1 Å². The van der Waals surface area contributed by atoms with E-state index in [2.05, 4.69) is 20.4 Å². The van der Waals surface area contributed by atoms with Gasteiger partial charge in [-0.2, -0.15) is 18.3 Å². The van der Waals surface area contributed by atoms with Gasteiger partial charge in [0.05, 0.1) is 30.5 Å². The zero-order valence-electron chi connectivity index (χ0n) is 17.1. The fraction of sp³-hybridized carbons (Fsp3) is 0.364. The Kier molecular flexibility index (Phi) is 5.70.